The summed E-state index contributed by atoms with van der Waals surface area (Å²) in [6, 6.07) is 66.2. The van der Waals surface area contributed by atoms with Gasteiger partial charge in [-0.1, -0.05) is 127 Å². The molecular weight excluding hydrogens is 693 g/mol. The molecule has 3 heterocycles. The number of hydrogen-bond acceptors (Lipinski definition) is 1. The van der Waals surface area contributed by atoms with Gasteiger partial charge in [0.05, 0.1) is 33.1 Å². The number of nitrogens with zero attached hydrogens (tertiary/aromatic N) is 2. The topological polar surface area (TPSA) is 23.0 Å². The smallest absolute Gasteiger partial charge is 0.145 e. The molecule has 8 aromatic carbocycles. The summed E-state index contributed by atoms with van der Waals surface area (Å²) in [6.07, 6.45) is 6.61. The lowest BCUT2D eigenvalue weighted by molar-refractivity contribution is 0.572. The van der Waals surface area contributed by atoms with E-state index in [2.05, 4.69) is 203 Å². The number of furan rings is 1. The van der Waals surface area contributed by atoms with Gasteiger partial charge in [0.15, 0.2) is 0 Å². The van der Waals surface area contributed by atoms with E-state index >= 15 is 0 Å². The SMILES string of the molecule is C1=c2oc3c(-c4cccc(-c5ccccc5)c4)ccc(-n4c5ccccc5c5ccc(-c6ccc7c(c6)c6ccccc6n7-c6ccccc6)cc54)c3c2=CCC1. The average molecular weight is 729 g/mol. The Kier molecular flexibility index (Phi) is 7.05. The zero-order valence-electron chi connectivity index (χ0n) is 31.2. The van der Waals surface area contributed by atoms with E-state index in [1.807, 2.05) is 0 Å². The largest absolute Gasteiger partial charge is 0.456 e. The van der Waals surface area contributed by atoms with Crippen LogP contribution in [0.5, 0.6) is 0 Å². The normalized spacial score (nSPS) is 12.7. The number of aromatic nitrogens is 2. The van der Waals surface area contributed by atoms with E-state index in [9.17, 15) is 0 Å². The number of benzene rings is 8. The maximum absolute atomic E-state index is 6.89. The van der Waals surface area contributed by atoms with Crippen molar-refractivity contribution in [3.63, 3.8) is 0 Å². The Hall–Kier alpha value is -7.36. The standard InChI is InChI=1S/C54H36N2O/c1-3-14-35(15-4-1)36-16-13-17-39(32-36)41-29-31-50(53-45-22-9-12-25-52(45)57-54(41)53)56-48-24-11-7-20-42(48)44-28-26-38(34-51(44)56)37-27-30-49-46(33-37)43-21-8-10-23-47(43)55(49)40-18-5-2-6-19-40/h1-8,10-11,13-34H,9,12H2. The molecule has 0 N–H and O–H groups in total. The van der Waals surface area contributed by atoms with Gasteiger partial charge in [-0.3, -0.25) is 0 Å². The van der Waals surface area contributed by atoms with Crippen LogP contribution in [0.15, 0.2) is 186 Å². The van der Waals surface area contributed by atoms with Crippen LogP contribution in [-0.2, 0) is 0 Å². The second-order valence-electron chi connectivity index (χ2n) is 15.2. The molecule has 0 aliphatic heterocycles. The molecule has 1 aliphatic carbocycles. The first-order chi connectivity index (χ1) is 28.3. The van der Waals surface area contributed by atoms with Crippen LogP contribution in [0, 0.1) is 0 Å². The molecule has 3 heteroatoms. The molecule has 1 aliphatic rings. The molecule has 0 radical (unpaired) electrons. The fourth-order valence-corrected chi connectivity index (χ4v) is 9.35. The summed E-state index contributed by atoms with van der Waals surface area (Å²) in [5, 5.41) is 7.32. The summed E-state index contributed by atoms with van der Waals surface area (Å²) in [6.45, 7) is 0. The summed E-state index contributed by atoms with van der Waals surface area (Å²) in [5.74, 6) is 0. The quantitative estimate of drug-likeness (QED) is 0.173. The lowest BCUT2D eigenvalue weighted by Crippen LogP contribution is -2.22. The highest BCUT2D eigenvalue weighted by Crippen LogP contribution is 2.40. The van der Waals surface area contributed by atoms with Crippen LogP contribution in [0.25, 0.3) is 111 Å². The Bertz CT molecular complexity index is 3510. The van der Waals surface area contributed by atoms with Gasteiger partial charge in [-0.15, -0.1) is 0 Å². The van der Waals surface area contributed by atoms with Crippen LogP contribution < -0.4 is 10.6 Å². The van der Waals surface area contributed by atoms with Crippen molar-refractivity contribution >= 4 is 66.7 Å². The van der Waals surface area contributed by atoms with Crippen LogP contribution in [0.2, 0.25) is 0 Å². The Labute approximate surface area is 329 Å². The van der Waals surface area contributed by atoms with Crippen molar-refractivity contribution in [2.45, 2.75) is 12.8 Å². The number of hydrogen-bond donors (Lipinski definition) is 0. The van der Waals surface area contributed by atoms with E-state index in [0.717, 1.165) is 46.0 Å². The molecule has 0 spiro atoms. The molecule has 3 aromatic heterocycles. The first kappa shape index (κ1) is 31.9. The van der Waals surface area contributed by atoms with Gasteiger partial charge in [-0.25, -0.2) is 0 Å². The lowest BCUT2D eigenvalue weighted by Gasteiger charge is -2.13. The van der Waals surface area contributed by atoms with E-state index in [4.69, 9.17) is 4.42 Å². The second-order valence-corrected chi connectivity index (χ2v) is 15.2. The minimum Gasteiger partial charge on any atom is -0.456 e. The Morgan fingerprint density at radius 3 is 1.84 bits per heavy atom. The van der Waals surface area contributed by atoms with Crippen molar-refractivity contribution in [2.24, 2.45) is 0 Å². The van der Waals surface area contributed by atoms with Crippen LogP contribution in [-0.4, -0.2) is 9.13 Å². The van der Waals surface area contributed by atoms with Crippen molar-refractivity contribution in [3.8, 4) is 44.8 Å². The predicted octanol–water partition coefficient (Wildman–Crippen LogP) is 13.0. The van der Waals surface area contributed by atoms with Crippen molar-refractivity contribution in [3.05, 3.63) is 193 Å². The average Bonchev–Trinajstić information content (AvgIpc) is 3.94. The van der Waals surface area contributed by atoms with Crippen molar-refractivity contribution in [1.29, 1.82) is 0 Å². The van der Waals surface area contributed by atoms with E-state index in [-0.39, 0.29) is 0 Å². The minimum absolute atomic E-state index is 0.930. The summed E-state index contributed by atoms with van der Waals surface area (Å²) in [5.41, 5.74) is 16.0. The first-order valence-electron chi connectivity index (χ1n) is 19.8. The molecular formula is C54H36N2O. The molecule has 12 rings (SSSR count). The number of fused-ring (bicyclic) bond motifs is 9. The van der Waals surface area contributed by atoms with Crippen molar-refractivity contribution < 1.29 is 4.42 Å². The number of rotatable bonds is 5. The van der Waals surface area contributed by atoms with Gasteiger partial charge in [0.2, 0.25) is 0 Å². The van der Waals surface area contributed by atoms with Crippen LogP contribution >= 0.6 is 0 Å². The Balaban J connectivity index is 1.09. The van der Waals surface area contributed by atoms with Crippen LogP contribution in [0.4, 0.5) is 0 Å². The minimum atomic E-state index is 0.930. The van der Waals surface area contributed by atoms with Gasteiger partial charge >= 0.3 is 0 Å². The highest BCUT2D eigenvalue weighted by atomic mass is 16.3. The van der Waals surface area contributed by atoms with E-state index < -0.39 is 0 Å². The van der Waals surface area contributed by atoms with Gasteiger partial charge in [-0.2, -0.15) is 0 Å². The summed E-state index contributed by atoms with van der Waals surface area (Å²) >= 11 is 0. The highest BCUT2D eigenvalue weighted by Gasteiger charge is 2.21. The van der Waals surface area contributed by atoms with Crippen LogP contribution in [0.1, 0.15) is 12.8 Å². The van der Waals surface area contributed by atoms with E-state index in [1.54, 1.807) is 0 Å². The van der Waals surface area contributed by atoms with Crippen molar-refractivity contribution in [1.82, 2.24) is 9.13 Å². The maximum Gasteiger partial charge on any atom is 0.145 e. The van der Waals surface area contributed by atoms with Gasteiger partial charge in [-0.05, 0) is 107 Å². The van der Waals surface area contributed by atoms with Gasteiger partial charge in [0.1, 0.15) is 11.0 Å². The fraction of sp³-hybridized carbons (Fsp3) is 0.0370. The first-order valence-corrected chi connectivity index (χ1v) is 19.8. The second kappa shape index (κ2) is 12.6. The highest BCUT2D eigenvalue weighted by molar-refractivity contribution is 6.13. The molecule has 57 heavy (non-hydrogen) atoms. The third-order valence-corrected chi connectivity index (χ3v) is 11.9. The van der Waals surface area contributed by atoms with Crippen molar-refractivity contribution in [2.75, 3.05) is 0 Å². The molecule has 0 atom stereocenters. The molecule has 3 nitrogen and oxygen atoms in total. The number of para-hydroxylation sites is 3. The molecule has 0 amide bonds. The molecule has 0 saturated heterocycles. The van der Waals surface area contributed by atoms with Gasteiger partial charge in [0.25, 0.3) is 0 Å². The molecule has 11 aromatic rings. The summed E-state index contributed by atoms with van der Waals surface area (Å²) in [7, 11) is 0. The van der Waals surface area contributed by atoms with Gasteiger partial charge in [0, 0.05) is 38.0 Å². The third kappa shape index (κ3) is 4.92. The maximum atomic E-state index is 6.89. The zero-order valence-corrected chi connectivity index (χ0v) is 31.2. The Morgan fingerprint density at radius 1 is 0.386 bits per heavy atom. The zero-order chi connectivity index (χ0) is 37.5. The third-order valence-electron chi connectivity index (χ3n) is 11.9. The molecule has 0 unspecified atom stereocenters. The van der Waals surface area contributed by atoms with Crippen LogP contribution in [0.3, 0.4) is 0 Å². The monoisotopic (exact) mass is 728 g/mol. The summed E-state index contributed by atoms with van der Waals surface area (Å²) in [4.78, 5) is 0. The summed E-state index contributed by atoms with van der Waals surface area (Å²) < 4.78 is 11.7. The molecule has 268 valence electrons. The van der Waals surface area contributed by atoms with E-state index in [0.29, 0.717) is 0 Å². The predicted molar refractivity (Wildman–Crippen MR) is 239 cm³/mol. The molecule has 0 fully saturated rings. The van der Waals surface area contributed by atoms with Gasteiger partial charge < -0.3 is 13.6 Å². The molecule has 0 saturated carbocycles. The van der Waals surface area contributed by atoms with E-state index in [1.165, 1.54) is 76.8 Å². The molecule has 0 bridgehead atoms. The fourth-order valence-electron chi connectivity index (χ4n) is 9.35. The Morgan fingerprint density at radius 2 is 1.00 bits per heavy atom. The lowest BCUT2D eigenvalue weighted by atomic mass is 9.97.